The molecule has 1 aromatic heterocycles. The Morgan fingerprint density at radius 1 is 1.28 bits per heavy atom. The number of aromatic nitrogens is 1. The molecule has 1 aromatic carbocycles. The van der Waals surface area contributed by atoms with Crippen LogP contribution in [0.25, 0.3) is 10.9 Å². The number of carbonyl (C=O) groups is 3. The topological polar surface area (TPSA) is 136 Å². The van der Waals surface area contributed by atoms with Crippen LogP contribution in [0.2, 0.25) is 0 Å². The predicted molar refractivity (Wildman–Crippen MR) is 131 cm³/mol. The van der Waals surface area contributed by atoms with E-state index < -0.39 is 11.6 Å². The number of amides is 3. The van der Waals surface area contributed by atoms with Crippen LogP contribution in [0.4, 0.5) is 0 Å². The van der Waals surface area contributed by atoms with Crippen molar-refractivity contribution in [3.63, 3.8) is 0 Å². The molecule has 0 spiro atoms. The molecule has 1 aliphatic heterocycles. The summed E-state index contributed by atoms with van der Waals surface area (Å²) in [6.45, 7) is 0.662. The number of methoxy groups -OCH3 is 1. The minimum absolute atomic E-state index is 0.000321. The van der Waals surface area contributed by atoms with E-state index in [1.165, 1.54) is 0 Å². The molecule has 0 radical (unpaired) electrons. The Morgan fingerprint density at radius 3 is 2.86 bits per heavy atom. The third kappa shape index (κ3) is 3.71. The molecule has 5 aliphatic rings. The average Bonchev–Trinajstić information content (AvgIpc) is 3.44. The zero-order valence-electron chi connectivity index (χ0n) is 20.3. The van der Waals surface area contributed by atoms with E-state index in [4.69, 9.17) is 4.74 Å². The van der Waals surface area contributed by atoms with E-state index >= 15 is 0 Å². The summed E-state index contributed by atoms with van der Waals surface area (Å²) in [4.78, 5) is 42.5. The maximum Gasteiger partial charge on any atom is 0.268 e. The highest BCUT2D eigenvalue weighted by molar-refractivity contribution is 6.01. The van der Waals surface area contributed by atoms with Gasteiger partial charge in [-0.2, -0.15) is 5.26 Å². The highest BCUT2D eigenvalue weighted by atomic mass is 16.5. The van der Waals surface area contributed by atoms with Crippen molar-refractivity contribution in [1.29, 1.82) is 5.26 Å². The first-order valence-corrected chi connectivity index (χ1v) is 12.9. The molecule has 188 valence electrons. The molecule has 2 heterocycles. The molecule has 5 fully saturated rings. The molecule has 6 atom stereocenters. The van der Waals surface area contributed by atoms with Crippen LogP contribution in [0.1, 0.15) is 49.0 Å². The molecule has 4 saturated carbocycles. The Hall–Kier alpha value is -3.54. The molecule has 4 N–H and O–H groups in total. The molecule has 7 rings (SSSR count). The van der Waals surface area contributed by atoms with E-state index in [1.807, 2.05) is 18.2 Å². The van der Waals surface area contributed by atoms with Crippen molar-refractivity contribution in [3.8, 4) is 11.8 Å². The Morgan fingerprint density at radius 2 is 2.11 bits per heavy atom. The van der Waals surface area contributed by atoms with Gasteiger partial charge in [0, 0.05) is 29.3 Å². The number of aromatic amines is 1. The van der Waals surface area contributed by atoms with E-state index in [-0.39, 0.29) is 41.4 Å². The fourth-order valence-electron chi connectivity index (χ4n) is 6.95. The molecule has 2 aromatic rings. The van der Waals surface area contributed by atoms with Crippen molar-refractivity contribution in [3.05, 3.63) is 30.0 Å². The molecule has 9 nitrogen and oxygen atoms in total. The van der Waals surface area contributed by atoms with Gasteiger partial charge in [-0.3, -0.25) is 14.4 Å². The number of carbonyl (C=O) groups excluding carboxylic acids is 3. The first-order chi connectivity index (χ1) is 17.4. The lowest BCUT2D eigenvalue weighted by Crippen LogP contribution is -2.65. The summed E-state index contributed by atoms with van der Waals surface area (Å²) >= 11 is 0. The molecule has 9 heteroatoms. The van der Waals surface area contributed by atoms with Crippen molar-refractivity contribution in [2.45, 2.75) is 50.1 Å². The van der Waals surface area contributed by atoms with Crippen LogP contribution in [0, 0.1) is 40.9 Å². The Kier molecular flexibility index (Phi) is 5.43. The number of hydrogen-bond acceptors (Lipinski definition) is 5. The van der Waals surface area contributed by atoms with Crippen molar-refractivity contribution in [2.75, 3.05) is 13.7 Å². The summed E-state index contributed by atoms with van der Waals surface area (Å²) in [5.41, 5.74) is 0.0400. The summed E-state index contributed by atoms with van der Waals surface area (Å²) < 4.78 is 5.40. The maximum atomic E-state index is 13.6. The summed E-state index contributed by atoms with van der Waals surface area (Å²) in [7, 11) is 1.58. The number of nitrogens with zero attached hydrogens (tertiary/aromatic N) is 1. The van der Waals surface area contributed by atoms with Crippen molar-refractivity contribution >= 4 is 28.6 Å². The second kappa shape index (κ2) is 8.54. The van der Waals surface area contributed by atoms with E-state index in [1.54, 1.807) is 13.2 Å². The van der Waals surface area contributed by atoms with Gasteiger partial charge in [-0.1, -0.05) is 18.9 Å². The monoisotopic (exact) mass is 489 g/mol. The van der Waals surface area contributed by atoms with Crippen molar-refractivity contribution < 1.29 is 19.1 Å². The SMILES string of the molecule is COc1cccc2[nH]c(C(=O)N[C@@H](CC3CC3)C(=O)N[C@@]3(C#N)C[C@@H]4CC[C@H]3[C@H]3C(=O)NC[C@H]43)cc12. The largest absolute Gasteiger partial charge is 0.496 e. The molecular weight excluding hydrogens is 458 g/mol. The van der Waals surface area contributed by atoms with Crippen LogP contribution < -0.4 is 20.7 Å². The van der Waals surface area contributed by atoms with Crippen LogP contribution in [0.3, 0.4) is 0 Å². The fourth-order valence-corrected chi connectivity index (χ4v) is 6.95. The molecule has 2 bridgehead atoms. The van der Waals surface area contributed by atoms with E-state index in [2.05, 4.69) is 27.0 Å². The van der Waals surface area contributed by atoms with Crippen LogP contribution >= 0.6 is 0 Å². The lowest BCUT2D eigenvalue weighted by atomic mass is 9.52. The van der Waals surface area contributed by atoms with Crippen LogP contribution in [-0.4, -0.2) is 47.9 Å². The number of hydrogen-bond donors (Lipinski definition) is 4. The standard InChI is InChI=1S/C27H31N5O4/c1-36-22-4-2-3-19-16(22)10-21(30-19)24(33)31-20(9-14-5-6-14)25(34)32-27(13-28)11-15-7-8-18(27)23-17(15)12-29-26(23)35/h2-4,10,14-15,17-18,20,23,30H,5-9,11-12H2,1H3,(H,29,35)(H,31,33)(H,32,34)/t15-,17+,18-,20-,23-,27+/m0/s1. The number of H-pyrrole nitrogens is 1. The first kappa shape index (κ1) is 22.9. The number of nitrogens with one attached hydrogen (secondary N) is 4. The van der Waals surface area contributed by atoms with Crippen molar-refractivity contribution in [2.24, 2.45) is 29.6 Å². The lowest BCUT2D eigenvalue weighted by molar-refractivity contribution is -0.135. The molecule has 36 heavy (non-hydrogen) atoms. The maximum absolute atomic E-state index is 13.6. The minimum Gasteiger partial charge on any atom is -0.496 e. The van der Waals surface area contributed by atoms with Gasteiger partial charge in [0.2, 0.25) is 11.8 Å². The van der Waals surface area contributed by atoms with E-state index in [0.29, 0.717) is 36.7 Å². The van der Waals surface area contributed by atoms with Crippen molar-refractivity contribution in [1.82, 2.24) is 20.9 Å². The number of nitriles is 1. The highest BCUT2D eigenvalue weighted by Gasteiger charge is 2.61. The second-order valence-corrected chi connectivity index (χ2v) is 11.0. The van der Waals surface area contributed by atoms with Gasteiger partial charge in [0.1, 0.15) is 23.0 Å². The Labute approximate surface area is 209 Å². The van der Waals surface area contributed by atoms with Gasteiger partial charge in [0.05, 0.1) is 13.2 Å². The third-order valence-electron chi connectivity index (χ3n) is 8.90. The second-order valence-electron chi connectivity index (χ2n) is 11.0. The molecule has 3 amide bonds. The summed E-state index contributed by atoms with van der Waals surface area (Å²) in [6.07, 6.45) is 4.88. The van der Waals surface area contributed by atoms with Gasteiger partial charge < -0.3 is 25.7 Å². The van der Waals surface area contributed by atoms with Gasteiger partial charge in [-0.25, -0.2) is 0 Å². The molecule has 1 saturated heterocycles. The Balaban J connectivity index is 1.23. The van der Waals surface area contributed by atoms with E-state index in [9.17, 15) is 19.6 Å². The number of rotatable bonds is 7. The van der Waals surface area contributed by atoms with Gasteiger partial charge in [0.15, 0.2) is 0 Å². The minimum atomic E-state index is -1.08. The fraction of sp³-hybridized carbons (Fsp3) is 0.556. The summed E-state index contributed by atoms with van der Waals surface area (Å²) in [5.74, 6) is 0.376. The third-order valence-corrected chi connectivity index (χ3v) is 8.90. The van der Waals surface area contributed by atoms with Gasteiger partial charge in [0.25, 0.3) is 5.91 Å². The van der Waals surface area contributed by atoms with Gasteiger partial charge >= 0.3 is 0 Å². The first-order valence-electron chi connectivity index (χ1n) is 12.9. The lowest BCUT2D eigenvalue weighted by Gasteiger charge is -2.53. The van der Waals surface area contributed by atoms with Crippen LogP contribution in [0.15, 0.2) is 24.3 Å². The van der Waals surface area contributed by atoms with Crippen LogP contribution in [0.5, 0.6) is 5.75 Å². The summed E-state index contributed by atoms with van der Waals surface area (Å²) in [5, 5.41) is 20.0. The predicted octanol–water partition coefficient (Wildman–Crippen LogP) is 2.25. The van der Waals surface area contributed by atoms with E-state index in [0.717, 1.165) is 36.6 Å². The number of benzene rings is 1. The summed E-state index contributed by atoms with van der Waals surface area (Å²) in [6, 6.07) is 8.92. The molecule has 4 aliphatic carbocycles. The van der Waals surface area contributed by atoms with Gasteiger partial charge in [-0.15, -0.1) is 0 Å². The number of ether oxygens (including phenoxy) is 1. The Bertz CT molecular complexity index is 1280. The molecular formula is C27H31N5O4. The number of fused-ring (bicyclic) bond motifs is 3. The zero-order chi connectivity index (χ0) is 25.0. The highest BCUT2D eigenvalue weighted by Crippen LogP contribution is 2.55. The quantitative estimate of drug-likeness (QED) is 0.473. The molecule has 0 unspecified atom stereocenters. The zero-order valence-corrected chi connectivity index (χ0v) is 20.3. The normalized spacial score (nSPS) is 31.3. The average molecular weight is 490 g/mol. The van der Waals surface area contributed by atoms with Gasteiger partial charge in [-0.05, 0) is 61.6 Å². The van der Waals surface area contributed by atoms with Crippen LogP contribution in [-0.2, 0) is 9.59 Å². The smallest absolute Gasteiger partial charge is 0.268 e.